The van der Waals surface area contributed by atoms with Crippen molar-refractivity contribution >= 4 is 231 Å². The Morgan fingerprint density at radius 3 is 1.54 bits per heavy atom. The van der Waals surface area contributed by atoms with E-state index in [-0.39, 0.29) is 149 Å². The third-order valence-corrected chi connectivity index (χ3v) is 24.0. The summed E-state index contributed by atoms with van der Waals surface area (Å²) in [4.78, 5) is 124. The van der Waals surface area contributed by atoms with E-state index in [0.717, 1.165) is 74.9 Å². The number of carbonyl (C=O) groups is 8. The number of halogens is 2. The van der Waals surface area contributed by atoms with E-state index in [0.29, 0.717) is 114 Å². The molecule has 1 aliphatic rings. The molecule has 0 spiro atoms. The minimum atomic E-state index is -0.802. The van der Waals surface area contributed by atoms with Gasteiger partial charge in [-0.05, 0) is 173 Å². The van der Waals surface area contributed by atoms with Crippen molar-refractivity contribution in [3.63, 3.8) is 0 Å². The molecule has 0 fully saturated rings. The number of ether oxygens (including phenoxy) is 6. The van der Waals surface area contributed by atoms with E-state index in [2.05, 4.69) is 124 Å². The third-order valence-electron chi connectivity index (χ3n) is 19.5. The molecule has 11 aromatic rings. The molecular weight excluding hydrogens is 1980 g/mol. The minimum absolute atomic E-state index is 0.0261. The van der Waals surface area contributed by atoms with Gasteiger partial charge in [0.05, 0.1) is 135 Å². The lowest BCUT2D eigenvalue weighted by Crippen LogP contribution is -2.32. The zero-order valence-electron chi connectivity index (χ0n) is 78.2. The van der Waals surface area contributed by atoms with E-state index in [1.807, 2.05) is 51.1 Å². The second-order valence-corrected chi connectivity index (χ2v) is 34.7. The first-order chi connectivity index (χ1) is 67.0. The average molecular weight is 2080 g/mol. The van der Waals surface area contributed by atoms with Gasteiger partial charge in [0.1, 0.15) is 65.8 Å². The average Bonchev–Trinajstić information content (AvgIpc) is 0.861. The van der Waals surface area contributed by atoms with Crippen molar-refractivity contribution in [2.75, 3.05) is 153 Å². The van der Waals surface area contributed by atoms with Crippen molar-refractivity contribution < 1.29 is 97.2 Å². The molecule has 0 saturated carbocycles. The Hall–Kier alpha value is -14.7. The lowest BCUT2D eigenvalue weighted by molar-refractivity contribution is -0.384. The number of nitrogens with two attached hydrogens (primary N) is 2. The maximum Gasteiger partial charge on any atom is 0.508 e. The van der Waals surface area contributed by atoms with Crippen molar-refractivity contribution in [1.29, 1.82) is 5.26 Å². The summed E-state index contributed by atoms with van der Waals surface area (Å²) < 4.78 is 34.8. The van der Waals surface area contributed by atoms with Crippen molar-refractivity contribution in [2.45, 2.75) is 89.7 Å². The molecule has 43 nitrogen and oxygen atoms in total. The molecule has 4 aromatic heterocycles. The first-order valence-corrected chi connectivity index (χ1v) is 47.1. The molecule has 12 rings (SSSR count). The van der Waals surface area contributed by atoms with Gasteiger partial charge in [-0.3, -0.25) is 38.9 Å². The number of anilines is 9. The number of thiazole rings is 2. The number of hydrogen-bond acceptors (Lipinski definition) is 43. The van der Waals surface area contributed by atoms with Crippen molar-refractivity contribution in [2.24, 2.45) is 40.9 Å². The highest BCUT2D eigenvalue weighted by atomic mass is 79.9. The van der Waals surface area contributed by atoms with Crippen LogP contribution in [0.3, 0.4) is 0 Å². The number of fused-ring (bicyclic) bond motifs is 3. The standard InChI is InChI=1S/C23H31N5O8S.C19H20N6O5S.C18H20ClN5O2S.C17H22N4O2S.C14H9BrN2O4/c1-6-33-22(30)35-10-8-28(9-11-36-23(31)34-7-2)19-12-17(25-16(4)29)18(13-20(19)32-5)26-27-21-24-14-15(3)37-21;1-12(28)20-18-11-13(24(6-8-26)7-9-27)2-5-17(18)21-22-19-15-10-14(25(29)30)3-4-16(15)23-31-19;1-4-24(5-2)12-6-7-14(15(8-12)21-11(3)26)22-23-18-13(9-20)17(19)16(10-25)27-18;1-5-21(8-9-23-14(4)22)15-6-7-16(12(2)10-15)19-20-17-18-11-13(3)24-17;15-4-3-6(17)9-11(12(4)19)14(21)8-5(16)1-2-7(18)10(8)13(9)20/h12-14H,6-11H2,1-5H3,(H,25,29);2-5,10-11,26-27H,6-9H2,1H3,(H,20,28);6-8,25H,4-5,10H2,1-3H3,(H,21,26);6-7,10-11H,5,8-9H2,1-4H3;1-3,18-19H,16-17H2. The number of benzene rings is 7. The highest BCUT2D eigenvalue weighted by Crippen LogP contribution is 2.47. The summed E-state index contributed by atoms with van der Waals surface area (Å²) in [5.74, 6) is -2.74. The van der Waals surface area contributed by atoms with E-state index in [1.165, 1.54) is 87.8 Å². The fourth-order valence-electron chi connectivity index (χ4n) is 13.0. The zero-order valence-corrected chi connectivity index (χ0v) is 83.8. The molecule has 0 radical (unpaired) electrons. The molecule has 0 bridgehead atoms. The largest absolute Gasteiger partial charge is 0.508 e. The second-order valence-electron chi connectivity index (χ2n) is 29.2. The molecule has 0 unspecified atom stereocenters. The van der Waals surface area contributed by atoms with Gasteiger partial charge in [-0.25, -0.2) is 19.6 Å². The number of amides is 3. The zero-order chi connectivity index (χ0) is 103. The van der Waals surface area contributed by atoms with Crippen LogP contribution in [0.2, 0.25) is 5.02 Å². The summed E-state index contributed by atoms with van der Waals surface area (Å²) >= 11 is 14.2. The predicted octanol–water partition coefficient (Wildman–Crippen LogP) is 19.7. The quantitative estimate of drug-likeness (QED) is 0.00332. The van der Waals surface area contributed by atoms with E-state index in [1.54, 1.807) is 78.5 Å². The number of thiophene rings is 1. The number of rotatable bonds is 36. The molecule has 0 saturated heterocycles. The lowest BCUT2D eigenvalue weighted by Gasteiger charge is -2.27. The van der Waals surface area contributed by atoms with Gasteiger partial charge >= 0.3 is 18.3 Å². The number of aliphatic hydroxyl groups is 3. The van der Waals surface area contributed by atoms with Gasteiger partial charge in [0.15, 0.2) is 10.0 Å². The molecule has 740 valence electrons. The van der Waals surface area contributed by atoms with Crippen LogP contribution in [0.1, 0.15) is 120 Å². The van der Waals surface area contributed by atoms with E-state index >= 15 is 0 Å². The van der Waals surface area contributed by atoms with Gasteiger partial charge in [-0.1, -0.05) is 34.3 Å². The highest BCUT2D eigenvalue weighted by Gasteiger charge is 2.38. The van der Waals surface area contributed by atoms with Gasteiger partial charge in [0, 0.05) is 135 Å². The molecule has 0 aliphatic heterocycles. The van der Waals surface area contributed by atoms with E-state index < -0.39 is 28.8 Å². The fourth-order valence-corrected chi connectivity index (χ4v) is 16.5. The number of nitro groups is 1. The molecule has 49 heteroatoms. The number of hydrogen-bond donors (Lipinski definition) is 10. The Balaban J connectivity index is 0.000000217. The number of aromatic nitrogens is 3. The fraction of sp³-hybridized carbons (Fsp3) is 0.319. The minimum Gasteiger partial charge on any atom is -0.507 e. The maximum atomic E-state index is 12.6. The van der Waals surface area contributed by atoms with Crippen molar-refractivity contribution in [1.82, 2.24) is 14.3 Å². The highest BCUT2D eigenvalue weighted by molar-refractivity contribution is 9.10. The number of azo groups is 4. The summed E-state index contributed by atoms with van der Waals surface area (Å²) in [6, 6.07) is 30.0. The van der Waals surface area contributed by atoms with Crippen LogP contribution in [0.25, 0.3) is 10.9 Å². The van der Waals surface area contributed by atoms with E-state index in [4.69, 9.17) is 51.5 Å². The van der Waals surface area contributed by atoms with Gasteiger partial charge < -0.3 is 101 Å². The molecule has 12 N–H and O–H groups in total. The molecule has 3 amide bonds. The van der Waals surface area contributed by atoms with Gasteiger partial charge in [-0.15, -0.1) is 52.3 Å². The van der Waals surface area contributed by atoms with E-state index in [9.17, 15) is 79.3 Å². The van der Waals surface area contributed by atoms with Gasteiger partial charge in [0.25, 0.3) is 5.69 Å². The van der Waals surface area contributed by atoms with Gasteiger partial charge in [-0.2, -0.15) is 9.64 Å². The molecular formula is C91H102BrClN22O21S4. The topological polar surface area (TPSA) is 599 Å². The number of nitrogens with one attached hydrogen (secondary N) is 3. The summed E-state index contributed by atoms with van der Waals surface area (Å²) in [6.45, 7) is 25.4. The summed E-state index contributed by atoms with van der Waals surface area (Å²) in [5.41, 5.74) is 19.2. The van der Waals surface area contributed by atoms with Crippen LogP contribution in [0.5, 0.6) is 17.2 Å². The monoisotopic (exact) mass is 2080 g/mol. The number of methoxy groups -OCH3 is 1. The number of non-ortho nitro benzene ring substituents is 1. The number of carbonyl (C=O) groups excluding carboxylic acids is 8. The Labute approximate surface area is 832 Å². The number of phenolic OH excluding ortho intramolecular Hbond substituents is 2. The lowest BCUT2D eigenvalue weighted by atomic mass is 9.81. The number of esters is 1. The Kier molecular flexibility index (Phi) is 43.0. The van der Waals surface area contributed by atoms with Crippen LogP contribution >= 0.6 is 73.1 Å². The molecule has 0 atom stereocenters. The van der Waals surface area contributed by atoms with Crippen LogP contribution in [0, 0.1) is 42.2 Å². The summed E-state index contributed by atoms with van der Waals surface area (Å²) in [7, 11) is 1.48. The maximum absolute atomic E-state index is 12.6. The number of ketones is 2. The first-order valence-electron chi connectivity index (χ1n) is 42.7. The number of likely N-dealkylation sites (N-methyl/N-ethyl adjacent to an activating group) is 1. The number of aliphatic hydroxyl groups excluding tert-OH is 3. The van der Waals surface area contributed by atoms with Gasteiger partial charge in [0.2, 0.25) is 39.6 Å². The number of aryl methyl sites for hydroxylation is 3. The Morgan fingerprint density at radius 1 is 0.557 bits per heavy atom. The number of nitrogens with zero attached hydrogens (tertiary/aromatic N) is 17. The van der Waals surface area contributed by atoms with Crippen molar-refractivity contribution in [3.05, 3.63) is 183 Å². The summed E-state index contributed by atoms with van der Waals surface area (Å²) in [6.07, 6.45) is 1.87. The molecule has 140 heavy (non-hydrogen) atoms. The number of aromatic hydroxyl groups is 2. The van der Waals surface area contributed by atoms with Crippen LogP contribution in [-0.4, -0.2) is 198 Å². The first kappa shape index (κ1) is 111. The number of nitriles is 1. The van der Waals surface area contributed by atoms with Crippen LogP contribution < -0.4 is 51.8 Å². The third kappa shape index (κ3) is 31.2. The second kappa shape index (κ2) is 54.4. The number of phenols is 2. The molecule has 7 aromatic carbocycles. The molecule has 1 aliphatic carbocycles. The van der Waals surface area contributed by atoms with Crippen LogP contribution in [0.4, 0.5) is 109 Å². The van der Waals surface area contributed by atoms with Crippen LogP contribution in [0.15, 0.2) is 161 Å². The smallest absolute Gasteiger partial charge is 0.507 e. The Morgan fingerprint density at radius 2 is 1.05 bits per heavy atom. The van der Waals surface area contributed by atoms with Crippen molar-refractivity contribution in [3.8, 4) is 23.3 Å². The predicted molar refractivity (Wildman–Crippen MR) is 539 cm³/mol. The normalized spacial score (nSPS) is 11.2. The SMILES string of the molecule is CC(=O)Nc1cc(N(CCO)CCO)ccc1N=Nc1snc2ccc([N+](=O)[O-])cc12.CCN(CC)c1ccc(N=Nc2sc(CO)c(Cl)c2C#N)c(NC(C)=O)c1.CCN(CCOC(C)=O)c1ccc(N=Nc2ncc(C)s2)c(C)c1.CCOC(=O)OCCN(CCOC(=O)OCC)c1cc(NC(C)=O)c(N=Nc2ncc(C)s2)cc1OC.Nc1ccc(O)c2c1C(=O)c1c(O)c(Br)cc(N)c1C2=O. The number of nitro benzene ring substituents is 1. The Bertz CT molecular complexity index is 6430. The summed E-state index contributed by atoms with van der Waals surface area (Å²) in [5, 5.41) is 112. The number of nitrogen functional groups attached to an aromatic ring is 2. The van der Waals surface area contributed by atoms with Crippen LogP contribution in [-0.2, 0) is 49.5 Å². The molecule has 4 heterocycles.